The van der Waals surface area contributed by atoms with Crippen molar-refractivity contribution in [1.82, 2.24) is 4.98 Å². The fraction of sp³-hybridized carbons (Fsp3) is 0.375. The molecule has 2 aromatic rings. The van der Waals surface area contributed by atoms with E-state index in [2.05, 4.69) is 10.3 Å². The van der Waals surface area contributed by atoms with Crippen molar-refractivity contribution in [2.45, 2.75) is 26.3 Å². The van der Waals surface area contributed by atoms with Crippen molar-refractivity contribution in [2.75, 3.05) is 12.4 Å². The summed E-state index contributed by atoms with van der Waals surface area (Å²) in [6.45, 7) is 3.98. The Kier molecular flexibility index (Phi) is 4.62. The van der Waals surface area contributed by atoms with Gasteiger partial charge in [0.15, 0.2) is 0 Å². The second-order valence-corrected chi connectivity index (χ2v) is 5.31. The number of aliphatic carboxylic acids is 1. The van der Waals surface area contributed by atoms with Crippen LogP contribution < -0.4 is 10.1 Å². The molecule has 0 saturated heterocycles. The van der Waals surface area contributed by atoms with Crippen molar-refractivity contribution < 1.29 is 14.6 Å². The van der Waals surface area contributed by atoms with Crippen LogP contribution in [0.15, 0.2) is 30.5 Å². The standard InChI is InChI=1S/C16H20N2O3/c1-10(2)13(9-15(19)20)18-16-12-5-4-6-14(21-3)11(12)7-8-17-16/h4-8,10,13H,9H2,1-3H3,(H,17,18)(H,19,20). The SMILES string of the molecule is COc1cccc2c(NC(CC(=O)O)C(C)C)nccc12. The number of rotatable bonds is 6. The summed E-state index contributed by atoms with van der Waals surface area (Å²) in [5, 5.41) is 14.2. The van der Waals surface area contributed by atoms with Crippen LogP contribution in [-0.2, 0) is 4.79 Å². The first-order chi connectivity index (χ1) is 10.0. The first-order valence-corrected chi connectivity index (χ1v) is 6.93. The minimum atomic E-state index is -0.820. The van der Waals surface area contributed by atoms with E-state index in [1.54, 1.807) is 13.3 Å². The number of nitrogens with one attached hydrogen (secondary N) is 1. The molecular weight excluding hydrogens is 268 g/mol. The number of hydrogen-bond acceptors (Lipinski definition) is 4. The highest BCUT2D eigenvalue weighted by molar-refractivity contribution is 5.96. The van der Waals surface area contributed by atoms with E-state index in [0.717, 1.165) is 16.5 Å². The summed E-state index contributed by atoms with van der Waals surface area (Å²) in [6, 6.07) is 7.46. The Morgan fingerprint density at radius 1 is 1.33 bits per heavy atom. The van der Waals surface area contributed by atoms with Crippen molar-refractivity contribution >= 4 is 22.6 Å². The highest BCUT2D eigenvalue weighted by Gasteiger charge is 2.18. The summed E-state index contributed by atoms with van der Waals surface area (Å²) < 4.78 is 5.35. The summed E-state index contributed by atoms with van der Waals surface area (Å²) in [5.41, 5.74) is 0. The van der Waals surface area contributed by atoms with Gasteiger partial charge in [0.2, 0.25) is 0 Å². The lowest BCUT2D eigenvalue weighted by Gasteiger charge is -2.22. The normalized spacial score (nSPS) is 12.4. The molecular formula is C16H20N2O3. The fourth-order valence-electron chi connectivity index (χ4n) is 2.29. The first kappa shape index (κ1) is 15.1. The van der Waals surface area contributed by atoms with Crippen molar-refractivity contribution in [3.05, 3.63) is 30.5 Å². The third kappa shape index (κ3) is 3.42. The van der Waals surface area contributed by atoms with Gasteiger partial charge in [0.1, 0.15) is 11.6 Å². The van der Waals surface area contributed by atoms with Gasteiger partial charge in [0.05, 0.1) is 13.5 Å². The zero-order chi connectivity index (χ0) is 15.4. The summed E-state index contributed by atoms with van der Waals surface area (Å²) in [6.07, 6.45) is 1.76. The highest BCUT2D eigenvalue weighted by Crippen LogP contribution is 2.30. The molecule has 0 aliphatic carbocycles. The average Bonchev–Trinajstić information content (AvgIpc) is 2.45. The zero-order valence-corrected chi connectivity index (χ0v) is 12.5. The molecule has 5 nitrogen and oxygen atoms in total. The number of anilines is 1. The van der Waals surface area contributed by atoms with E-state index in [1.807, 2.05) is 38.1 Å². The van der Waals surface area contributed by atoms with Crippen molar-refractivity contribution in [3.8, 4) is 5.75 Å². The fourth-order valence-corrected chi connectivity index (χ4v) is 2.29. The lowest BCUT2D eigenvalue weighted by atomic mass is 10.0. The molecule has 112 valence electrons. The lowest BCUT2D eigenvalue weighted by molar-refractivity contribution is -0.137. The number of methoxy groups -OCH3 is 1. The number of fused-ring (bicyclic) bond motifs is 1. The van der Waals surface area contributed by atoms with E-state index in [9.17, 15) is 4.79 Å². The molecule has 0 aliphatic rings. The van der Waals surface area contributed by atoms with Gasteiger partial charge in [-0.15, -0.1) is 0 Å². The average molecular weight is 288 g/mol. The first-order valence-electron chi connectivity index (χ1n) is 6.93. The molecule has 1 unspecified atom stereocenters. The molecule has 1 atom stereocenters. The number of pyridine rings is 1. The van der Waals surface area contributed by atoms with E-state index < -0.39 is 5.97 Å². The molecule has 1 aromatic heterocycles. The van der Waals surface area contributed by atoms with Crippen LogP contribution in [0, 0.1) is 5.92 Å². The molecule has 0 spiro atoms. The Balaban J connectivity index is 2.39. The van der Waals surface area contributed by atoms with Gasteiger partial charge in [-0.3, -0.25) is 4.79 Å². The second kappa shape index (κ2) is 6.43. The quantitative estimate of drug-likeness (QED) is 0.854. The zero-order valence-electron chi connectivity index (χ0n) is 12.5. The number of hydrogen-bond donors (Lipinski definition) is 2. The van der Waals surface area contributed by atoms with Crippen LogP contribution in [0.5, 0.6) is 5.75 Å². The molecule has 0 aliphatic heterocycles. The molecule has 2 rings (SSSR count). The Bertz CT molecular complexity index is 640. The Hall–Kier alpha value is -2.30. The maximum absolute atomic E-state index is 11.0. The number of carboxylic acid groups (broad SMARTS) is 1. The summed E-state index contributed by atoms with van der Waals surface area (Å²) in [5.74, 6) is 0.825. The number of carboxylic acids is 1. The molecule has 1 heterocycles. The minimum Gasteiger partial charge on any atom is -0.496 e. The van der Waals surface area contributed by atoms with E-state index in [4.69, 9.17) is 9.84 Å². The van der Waals surface area contributed by atoms with Gasteiger partial charge in [-0.1, -0.05) is 26.0 Å². The Labute approximate surface area is 124 Å². The van der Waals surface area contributed by atoms with Crippen LogP contribution in [0.2, 0.25) is 0 Å². The van der Waals surface area contributed by atoms with Crippen molar-refractivity contribution in [1.29, 1.82) is 0 Å². The Morgan fingerprint density at radius 2 is 2.10 bits per heavy atom. The van der Waals surface area contributed by atoms with Crippen LogP contribution in [0.3, 0.4) is 0 Å². The molecule has 0 bridgehead atoms. The summed E-state index contributed by atoms with van der Waals surface area (Å²) in [4.78, 5) is 15.3. The van der Waals surface area contributed by atoms with Gasteiger partial charge in [-0.25, -0.2) is 4.98 Å². The summed E-state index contributed by atoms with van der Waals surface area (Å²) in [7, 11) is 1.63. The van der Waals surface area contributed by atoms with Gasteiger partial charge >= 0.3 is 5.97 Å². The Morgan fingerprint density at radius 3 is 2.71 bits per heavy atom. The molecule has 2 N–H and O–H groups in total. The van der Waals surface area contributed by atoms with Gasteiger partial charge in [-0.05, 0) is 18.1 Å². The molecule has 0 fully saturated rings. The van der Waals surface area contributed by atoms with Crippen LogP contribution in [0.25, 0.3) is 10.8 Å². The molecule has 0 saturated carbocycles. The molecule has 21 heavy (non-hydrogen) atoms. The molecule has 0 radical (unpaired) electrons. The number of carbonyl (C=O) groups is 1. The van der Waals surface area contributed by atoms with Crippen molar-refractivity contribution in [3.63, 3.8) is 0 Å². The van der Waals surface area contributed by atoms with E-state index in [1.165, 1.54) is 0 Å². The number of benzene rings is 1. The van der Waals surface area contributed by atoms with Gasteiger partial charge < -0.3 is 15.2 Å². The molecule has 0 amide bonds. The number of ether oxygens (including phenoxy) is 1. The molecule has 5 heteroatoms. The van der Waals surface area contributed by atoms with E-state index in [0.29, 0.717) is 5.82 Å². The summed E-state index contributed by atoms with van der Waals surface area (Å²) >= 11 is 0. The monoisotopic (exact) mass is 288 g/mol. The highest BCUT2D eigenvalue weighted by atomic mass is 16.5. The third-order valence-corrected chi connectivity index (χ3v) is 3.51. The molecule has 1 aromatic carbocycles. The maximum atomic E-state index is 11.0. The van der Waals surface area contributed by atoms with Crippen LogP contribution in [0.4, 0.5) is 5.82 Å². The van der Waals surface area contributed by atoms with Gasteiger partial charge in [0.25, 0.3) is 0 Å². The minimum absolute atomic E-state index is 0.0553. The van der Waals surface area contributed by atoms with E-state index >= 15 is 0 Å². The van der Waals surface area contributed by atoms with Crippen LogP contribution in [-0.4, -0.2) is 29.2 Å². The van der Waals surface area contributed by atoms with Gasteiger partial charge in [-0.2, -0.15) is 0 Å². The predicted molar refractivity (Wildman–Crippen MR) is 82.8 cm³/mol. The third-order valence-electron chi connectivity index (χ3n) is 3.51. The lowest BCUT2D eigenvalue weighted by Crippen LogP contribution is -2.29. The second-order valence-electron chi connectivity index (χ2n) is 5.31. The van der Waals surface area contributed by atoms with Crippen LogP contribution in [0.1, 0.15) is 20.3 Å². The number of nitrogens with zero attached hydrogens (tertiary/aromatic N) is 1. The predicted octanol–water partition coefficient (Wildman–Crippen LogP) is 3.15. The maximum Gasteiger partial charge on any atom is 0.305 e. The van der Waals surface area contributed by atoms with Crippen LogP contribution >= 0.6 is 0 Å². The topological polar surface area (TPSA) is 71.5 Å². The number of aromatic nitrogens is 1. The largest absolute Gasteiger partial charge is 0.496 e. The van der Waals surface area contributed by atoms with Gasteiger partial charge in [0, 0.05) is 23.0 Å². The van der Waals surface area contributed by atoms with E-state index in [-0.39, 0.29) is 18.4 Å². The smallest absolute Gasteiger partial charge is 0.305 e. The van der Waals surface area contributed by atoms with Crippen molar-refractivity contribution in [2.24, 2.45) is 5.92 Å².